The van der Waals surface area contributed by atoms with Gasteiger partial charge in [-0.25, -0.2) is 13.6 Å². The molecule has 0 fully saturated rings. The van der Waals surface area contributed by atoms with E-state index in [1.807, 2.05) is 6.92 Å². The number of primary sulfonamides is 1. The van der Waals surface area contributed by atoms with Gasteiger partial charge >= 0.3 is 0 Å². The standard InChI is InChI=1S/C14H24N2O3S/c1-11(2)10-19-9-8-16-12(3)13-4-6-14(7-5-13)20(15,17)18/h4-7,11-12,16H,8-10H2,1-3H3,(H2,15,17,18). The van der Waals surface area contributed by atoms with Gasteiger partial charge in [0.25, 0.3) is 0 Å². The third-order valence-corrected chi connectivity index (χ3v) is 3.79. The second-order valence-electron chi connectivity index (χ2n) is 5.26. The predicted octanol–water partition coefficient (Wildman–Crippen LogP) is 1.66. The van der Waals surface area contributed by atoms with Crippen molar-refractivity contribution in [3.8, 4) is 0 Å². The van der Waals surface area contributed by atoms with Crippen molar-refractivity contribution < 1.29 is 13.2 Å². The molecule has 1 rings (SSSR count). The molecule has 114 valence electrons. The smallest absolute Gasteiger partial charge is 0.238 e. The summed E-state index contributed by atoms with van der Waals surface area (Å²) < 4.78 is 27.8. The second kappa shape index (κ2) is 7.73. The fraction of sp³-hybridized carbons (Fsp3) is 0.571. The highest BCUT2D eigenvalue weighted by Gasteiger charge is 2.09. The summed E-state index contributed by atoms with van der Waals surface area (Å²) in [4.78, 5) is 0.133. The van der Waals surface area contributed by atoms with Crippen LogP contribution >= 0.6 is 0 Å². The van der Waals surface area contributed by atoms with Crippen LogP contribution in [0.3, 0.4) is 0 Å². The van der Waals surface area contributed by atoms with Crippen molar-refractivity contribution in [2.75, 3.05) is 19.8 Å². The Labute approximate surface area is 121 Å². The minimum atomic E-state index is -3.62. The summed E-state index contributed by atoms with van der Waals surface area (Å²) in [6.45, 7) is 8.43. The lowest BCUT2D eigenvalue weighted by Crippen LogP contribution is -2.24. The molecule has 0 amide bonds. The van der Waals surface area contributed by atoms with Gasteiger partial charge in [0.2, 0.25) is 10.0 Å². The molecular weight excluding hydrogens is 276 g/mol. The summed E-state index contributed by atoms with van der Waals surface area (Å²) in [6.07, 6.45) is 0. The molecule has 1 atom stereocenters. The first kappa shape index (κ1) is 17.1. The molecule has 0 bridgehead atoms. The van der Waals surface area contributed by atoms with Crippen LogP contribution in [0.1, 0.15) is 32.4 Å². The van der Waals surface area contributed by atoms with E-state index in [-0.39, 0.29) is 10.9 Å². The molecule has 0 radical (unpaired) electrons. The van der Waals surface area contributed by atoms with Crippen LogP contribution < -0.4 is 10.5 Å². The van der Waals surface area contributed by atoms with Crippen molar-refractivity contribution in [3.63, 3.8) is 0 Å². The van der Waals surface area contributed by atoms with Crippen LogP contribution in [0, 0.1) is 5.92 Å². The Kier molecular flexibility index (Phi) is 6.61. The maximum absolute atomic E-state index is 11.2. The van der Waals surface area contributed by atoms with Gasteiger partial charge in [0.1, 0.15) is 0 Å². The maximum atomic E-state index is 11.2. The first-order valence-corrected chi connectivity index (χ1v) is 8.29. The summed E-state index contributed by atoms with van der Waals surface area (Å²) >= 11 is 0. The third-order valence-electron chi connectivity index (χ3n) is 2.86. The minimum absolute atomic E-state index is 0.132. The van der Waals surface area contributed by atoms with E-state index < -0.39 is 10.0 Å². The number of nitrogens with one attached hydrogen (secondary N) is 1. The van der Waals surface area contributed by atoms with E-state index in [2.05, 4.69) is 19.2 Å². The van der Waals surface area contributed by atoms with E-state index >= 15 is 0 Å². The Morgan fingerprint density at radius 2 is 1.80 bits per heavy atom. The Morgan fingerprint density at radius 3 is 2.30 bits per heavy atom. The first-order chi connectivity index (χ1) is 9.30. The van der Waals surface area contributed by atoms with Crippen molar-refractivity contribution >= 4 is 10.0 Å². The Hall–Kier alpha value is -0.950. The van der Waals surface area contributed by atoms with E-state index in [1.165, 1.54) is 12.1 Å². The summed E-state index contributed by atoms with van der Waals surface area (Å²) in [5.41, 5.74) is 1.02. The number of hydrogen-bond acceptors (Lipinski definition) is 4. The average Bonchev–Trinajstić information content (AvgIpc) is 2.37. The van der Waals surface area contributed by atoms with Crippen LogP contribution in [0.4, 0.5) is 0 Å². The normalized spacial score (nSPS) is 13.7. The Balaban J connectivity index is 2.42. The zero-order valence-corrected chi connectivity index (χ0v) is 13.1. The lowest BCUT2D eigenvalue weighted by molar-refractivity contribution is 0.110. The molecule has 3 N–H and O–H groups in total. The van der Waals surface area contributed by atoms with Gasteiger partial charge in [-0.15, -0.1) is 0 Å². The van der Waals surface area contributed by atoms with Crippen LogP contribution in [0.15, 0.2) is 29.2 Å². The van der Waals surface area contributed by atoms with Crippen molar-refractivity contribution in [1.82, 2.24) is 5.32 Å². The van der Waals surface area contributed by atoms with Crippen LogP contribution in [0.5, 0.6) is 0 Å². The number of hydrogen-bond donors (Lipinski definition) is 2. The number of benzene rings is 1. The molecule has 0 aliphatic carbocycles. The summed E-state index contributed by atoms with van der Waals surface area (Å²) in [7, 11) is -3.62. The Bertz CT molecular complexity index is 498. The lowest BCUT2D eigenvalue weighted by atomic mass is 10.1. The van der Waals surface area contributed by atoms with Gasteiger partial charge in [-0.05, 0) is 30.5 Å². The van der Waals surface area contributed by atoms with E-state index in [0.29, 0.717) is 12.5 Å². The zero-order valence-electron chi connectivity index (χ0n) is 12.3. The molecule has 1 aromatic carbocycles. The zero-order chi connectivity index (χ0) is 15.2. The third kappa shape index (κ3) is 6.00. The fourth-order valence-corrected chi connectivity index (χ4v) is 2.25. The van der Waals surface area contributed by atoms with Crippen LogP contribution in [0.2, 0.25) is 0 Å². The number of nitrogens with two attached hydrogens (primary N) is 1. The molecule has 5 nitrogen and oxygen atoms in total. The molecule has 6 heteroatoms. The molecule has 0 heterocycles. The van der Waals surface area contributed by atoms with E-state index in [0.717, 1.165) is 18.7 Å². The van der Waals surface area contributed by atoms with Crippen LogP contribution in [0.25, 0.3) is 0 Å². The van der Waals surface area contributed by atoms with Gasteiger partial charge in [-0.2, -0.15) is 0 Å². The highest BCUT2D eigenvalue weighted by molar-refractivity contribution is 7.89. The van der Waals surface area contributed by atoms with Crippen LogP contribution in [-0.4, -0.2) is 28.2 Å². The van der Waals surface area contributed by atoms with Crippen LogP contribution in [-0.2, 0) is 14.8 Å². The largest absolute Gasteiger partial charge is 0.380 e. The molecule has 1 unspecified atom stereocenters. The molecule has 0 saturated heterocycles. The van der Waals surface area contributed by atoms with Gasteiger partial charge < -0.3 is 10.1 Å². The average molecular weight is 300 g/mol. The summed E-state index contributed by atoms with van der Waals surface area (Å²) in [6, 6.07) is 6.72. The van der Waals surface area contributed by atoms with Gasteiger partial charge in [0.05, 0.1) is 11.5 Å². The number of sulfonamides is 1. The molecular formula is C14H24N2O3S. The quantitative estimate of drug-likeness (QED) is 0.715. The predicted molar refractivity (Wildman–Crippen MR) is 79.9 cm³/mol. The fourth-order valence-electron chi connectivity index (χ4n) is 1.73. The lowest BCUT2D eigenvalue weighted by Gasteiger charge is -2.15. The number of rotatable bonds is 8. The van der Waals surface area contributed by atoms with Gasteiger partial charge in [0, 0.05) is 19.2 Å². The SMILES string of the molecule is CC(C)COCCNC(C)c1ccc(S(N)(=O)=O)cc1. The molecule has 20 heavy (non-hydrogen) atoms. The van der Waals surface area contributed by atoms with Crippen molar-refractivity contribution in [3.05, 3.63) is 29.8 Å². The summed E-state index contributed by atoms with van der Waals surface area (Å²) in [5, 5.41) is 8.39. The number of ether oxygens (including phenoxy) is 1. The molecule has 0 spiro atoms. The monoisotopic (exact) mass is 300 g/mol. The van der Waals surface area contributed by atoms with Crippen molar-refractivity contribution in [1.29, 1.82) is 0 Å². The second-order valence-corrected chi connectivity index (χ2v) is 6.82. The van der Waals surface area contributed by atoms with Gasteiger partial charge in [-0.1, -0.05) is 26.0 Å². The first-order valence-electron chi connectivity index (χ1n) is 6.74. The van der Waals surface area contributed by atoms with Crippen molar-refractivity contribution in [2.45, 2.75) is 31.7 Å². The minimum Gasteiger partial charge on any atom is -0.380 e. The molecule has 0 aliphatic rings. The molecule has 1 aromatic rings. The van der Waals surface area contributed by atoms with Gasteiger partial charge in [0.15, 0.2) is 0 Å². The Morgan fingerprint density at radius 1 is 1.20 bits per heavy atom. The van der Waals surface area contributed by atoms with E-state index in [9.17, 15) is 8.42 Å². The van der Waals surface area contributed by atoms with Gasteiger partial charge in [-0.3, -0.25) is 0 Å². The highest BCUT2D eigenvalue weighted by Crippen LogP contribution is 2.15. The molecule has 0 aromatic heterocycles. The molecule has 0 saturated carbocycles. The molecule has 0 aliphatic heterocycles. The summed E-state index contributed by atoms with van der Waals surface area (Å²) in [5.74, 6) is 0.540. The topological polar surface area (TPSA) is 81.4 Å². The van der Waals surface area contributed by atoms with E-state index in [4.69, 9.17) is 9.88 Å². The van der Waals surface area contributed by atoms with E-state index in [1.54, 1.807) is 12.1 Å². The highest BCUT2D eigenvalue weighted by atomic mass is 32.2. The maximum Gasteiger partial charge on any atom is 0.238 e. The van der Waals surface area contributed by atoms with Crippen molar-refractivity contribution in [2.24, 2.45) is 11.1 Å².